The quantitative estimate of drug-likeness (QED) is 0.460. The van der Waals surface area contributed by atoms with Crippen LogP contribution in [0.15, 0.2) is 11.8 Å². The first-order valence-electron chi connectivity index (χ1n) is 4.36. The van der Waals surface area contributed by atoms with Crippen molar-refractivity contribution in [2.24, 2.45) is 0 Å². The SMILES string of the molecule is CCCCC=C[SiH](NC)NC. The van der Waals surface area contributed by atoms with Crippen LogP contribution in [0.3, 0.4) is 0 Å². The fourth-order valence-corrected chi connectivity index (χ4v) is 2.03. The number of nitrogens with one attached hydrogen (secondary N) is 2. The summed E-state index contributed by atoms with van der Waals surface area (Å²) in [7, 11) is 3.11. The van der Waals surface area contributed by atoms with Crippen LogP contribution in [0.1, 0.15) is 26.2 Å². The summed E-state index contributed by atoms with van der Waals surface area (Å²) in [5, 5.41) is 0. The van der Waals surface area contributed by atoms with E-state index in [9.17, 15) is 0 Å². The first kappa shape index (κ1) is 10.9. The van der Waals surface area contributed by atoms with Crippen molar-refractivity contribution in [3.05, 3.63) is 11.8 Å². The molecule has 0 rings (SSSR count). The molecule has 0 bridgehead atoms. The van der Waals surface area contributed by atoms with Gasteiger partial charge in [0.25, 0.3) is 0 Å². The van der Waals surface area contributed by atoms with Gasteiger partial charge in [-0.25, -0.2) is 0 Å². The van der Waals surface area contributed by atoms with Crippen LogP contribution in [0.5, 0.6) is 0 Å². The summed E-state index contributed by atoms with van der Waals surface area (Å²) in [6.07, 6.45) is 6.11. The zero-order valence-electron chi connectivity index (χ0n) is 7.85. The highest BCUT2D eigenvalue weighted by molar-refractivity contribution is 6.58. The van der Waals surface area contributed by atoms with Gasteiger partial charge in [0.15, 0.2) is 0 Å². The molecule has 0 aromatic rings. The Labute approximate surface area is 71.8 Å². The number of hydrogen-bond acceptors (Lipinski definition) is 2. The van der Waals surface area contributed by atoms with Crippen LogP contribution in [0.25, 0.3) is 0 Å². The van der Waals surface area contributed by atoms with Crippen LogP contribution in [0.4, 0.5) is 0 Å². The Kier molecular flexibility index (Phi) is 7.89. The molecular weight excluding hydrogens is 152 g/mol. The molecule has 2 N–H and O–H groups in total. The summed E-state index contributed by atoms with van der Waals surface area (Å²) in [5.74, 6) is 0. The van der Waals surface area contributed by atoms with Crippen LogP contribution >= 0.6 is 0 Å². The molecule has 0 fully saturated rings. The van der Waals surface area contributed by atoms with E-state index in [-0.39, 0.29) is 0 Å². The molecule has 2 nitrogen and oxygen atoms in total. The molecule has 0 amide bonds. The van der Waals surface area contributed by atoms with Crippen LogP contribution in [0, 0.1) is 0 Å². The maximum absolute atomic E-state index is 3.27. The summed E-state index contributed by atoms with van der Waals surface area (Å²) < 4.78 is 0. The van der Waals surface area contributed by atoms with E-state index in [0.29, 0.717) is 0 Å². The van der Waals surface area contributed by atoms with Gasteiger partial charge in [0.2, 0.25) is 9.12 Å². The molecule has 0 aliphatic heterocycles. The van der Waals surface area contributed by atoms with E-state index in [4.69, 9.17) is 0 Å². The third-order valence-corrected chi connectivity index (χ3v) is 3.58. The minimum Gasteiger partial charge on any atom is -0.328 e. The van der Waals surface area contributed by atoms with Gasteiger partial charge in [-0.15, -0.1) is 0 Å². The van der Waals surface area contributed by atoms with Crippen molar-refractivity contribution < 1.29 is 0 Å². The van der Waals surface area contributed by atoms with E-state index in [2.05, 4.69) is 28.7 Å². The highest BCUT2D eigenvalue weighted by atomic mass is 28.3. The van der Waals surface area contributed by atoms with Gasteiger partial charge in [0, 0.05) is 0 Å². The van der Waals surface area contributed by atoms with Crippen LogP contribution in [0.2, 0.25) is 0 Å². The highest BCUT2D eigenvalue weighted by Crippen LogP contribution is 1.94. The zero-order valence-corrected chi connectivity index (χ0v) is 9.01. The van der Waals surface area contributed by atoms with Crippen LogP contribution in [-0.2, 0) is 0 Å². The second-order valence-corrected chi connectivity index (χ2v) is 5.12. The Morgan fingerprint density at radius 2 is 1.91 bits per heavy atom. The molecule has 3 heteroatoms. The Morgan fingerprint density at radius 3 is 2.36 bits per heavy atom. The lowest BCUT2D eigenvalue weighted by molar-refractivity contribution is 0.815. The minimum atomic E-state index is -0.915. The lowest BCUT2D eigenvalue weighted by Crippen LogP contribution is -2.41. The van der Waals surface area contributed by atoms with Gasteiger partial charge in [0.05, 0.1) is 0 Å². The Balaban J connectivity index is 3.36. The summed E-state index contributed by atoms with van der Waals surface area (Å²) in [4.78, 5) is 6.54. The monoisotopic (exact) mass is 172 g/mol. The normalized spacial score (nSPS) is 11.6. The average Bonchev–Trinajstić information content (AvgIpc) is 2.05. The maximum Gasteiger partial charge on any atom is 0.209 e. The van der Waals surface area contributed by atoms with Gasteiger partial charge in [0.1, 0.15) is 0 Å². The molecule has 66 valence electrons. The molecule has 0 spiro atoms. The van der Waals surface area contributed by atoms with Gasteiger partial charge in [-0.1, -0.05) is 31.5 Å². The largest absolute Gasteiger partial charge is 0.328 e. The number of unbranched alkanes of at least 4 members (excludes halogenated alkanes) is 2. The molecule has 0 saturated carbocycles. The molecule has 0 aliphatic carbocycles. The van der Waals surface area contributed by atoms with E-state index >= 15 is 0 Å². The Morgan fingerprint density at radius 1 is 1.27 bits per heavy atom. The van der Waals surface area contributed by atoms with Crippen molar-refractivity contribution in [3.8, 4) is 0 Å². The predicted molar refractivity (Wildman–Crippen MR) is 53.9 cm³/mol. The van der Waals surface area contributed by atoms with E-state index in [1.165, 1.54) is 19.3 Å². The predicted octanol–water partition coefficient (Wildman–Crippen LogP) is 0.931. The summed E-state index contributed by atoms with van der Waals surface area (Å²) in [6.45, 7) is 2.22. The van der Waals surface area contributed by atoms with E-state index in [1.54, 1.807) is 0 Å². The molecule has 11 heavy (non-hydrogen) atoms. The highest BCUT2D eigenvalue weighted by Gasteiger charge is 1.96. The number of hydrogen-bond donors (Lipinski definition) is 2. The van der Waals surface area contributed by atoms with Crippen molar-refractivity contribution >= 4 is 9.12 Å². The maximum atomic E-state index is 3.27. The molecule has 0 saturated heterocycles. The Bertz CT molecular complexity index is 100. The molecule has 0 aliphatic rings. The molecule has 0 aromatic carbocycles. The summed E-state index contributed by atoms with van der Waals surface area (Å²) in [6, 6.07) is 0. The van der Waals surface area contributed by atoms with Crippen molar-refractivity contribution in [2.75, 3.05) is 14.1 Å². The lowest BCUT2D eigenvalue weighted by atomic mass is 10.2. The van der Waals surface area contributed by atoms with Crippen molar-refractivity contribution in [1.29, 1.82) is 0 Å². The summed E-state index contributed by atoms with van der Waals surface area (Å²) >= 11 is 0. The molecule has 0 radical (unpaired) electrons. The van der Waals surface area contributed by atoms with Gasteiger partial charge in [-0.05, 0) is 20.5 Å². The zero-order chi connectivity index (χ0) is 8.53. The van der Waals surface area contributed by atoms with E-state index in [0.717, 1.165) is 0 Å². The molecule has 0 aromatic heterocycles. The Hall–Kier alpha value is -0.123. The van der Waals surface area contributed by atoms with Gasteiger partial charge in [-0.2, -0.15) is 0 Å². The second-order valence-electron chi connectivity index (χ2n) is 2.63. The van der Waals surface area contributed by atoms with Crippen molar-refractivity contribution in [3.63, 3.8) is 0 Å². The third kappa shape index (κ3) is 6.28. The number of allylic oxidation sites excluding steroid dienone is 1. The van der Waals surface area contributed by atoms with Crippen LogP contribution in [-0.4, -0.2) is 23.2 Å². The van der Waals surface area contributed by atoms with Crippen LogP contribution < -0.4 is 9.96 Å². The molecule has 0 heterocycles. The fraction of sp³-hybridized carbons (Fsp3) is 0.750. The van der Waals surface area contributed by atoms with Gasteiger partial charge >= 0.3 is 0 Å². The first-order valence-corrected chi connectivity index (χ1v) is 6.18. The number of rotatable bonds is 6. The standard InChI is InChI=1S/C8H20N2Si/c1-4-5-6-7-8-11(9-2)10-3/h7-11H,4-6H2,1-3H3. The fourth-order valence-electron chi connectivity index (χ4n) is 0.891. The third-order valence-electron chi connectivity index (χ3n) is 1.67. The van der Waals surface area contributed by atoms with Gasteiger partial charge < -0.3 is 9.96 Å². The van der Waals surface area contributed by atoms with Crippen molar-refractivity contribution in [1.82, 2.24) is 9.96 Å². The van der Waals surface area contributed by atoms with E-state index in [1.807, 2.05) is 14.1 Å². The first-order chi connectivity index (χ1) is 5.35. The van der Waals surface area contributed by atoms with Crippen molar-refractivity contribution in [2.45, 2.75) is 26.2 Å². The van der Waals surface area contributed by atoms with Gasteiger partial charge in [-0.3, -0.25) is 0 Å². The second kappa shape index (κ2) is 7.98. The topological polar surface area (TPSA) is 24.1 Å². The van der Waals surface area contributed by atoms with E-state index < -0.39 is 9.12 Å². The summed E-state index contributed by atoms with van der Waals surface area (Å²) in [5.41, 5.74) is 2.30. The average molecular weight is 172 g/mol. The molecular formula is C8H20N2Si. The smallest absolute Gasteiger partial charge is 0.209 e. The molecule has 0 unspecified atom stereocenters. The minimum absolute atomic E-state index is 0.915. The molecule has 0 atom stereocenters. The lowest BCUT2D eigenvalue weighted by Gasteiger charge is -2.05.